The maximum atomic E-state index is 13.3. The van der Waals surface area contributed by atoms with Gasteiger partial charge in [-0.3, -0.25) is 9.59 Å². The van der Waals surface area contributed by atoms with Crippen LogP contribution in [-0.4, -0.2) is 52.4 Å². The lowest BCUT2D eigenvalue weighted by Gasteiger charge is -2.44. The Hall–Kier alpha value is -2.15. The zero-order valence-corrected chi connectivity index (χ0v) is 18.1. The highest BCUT2D eigenvalue weighted by Gasteiger charge is 2.36. The summed E-state index contributed by atoms with van der Waals surface area (Å²) in [7, 11) is 0. The summed E-state index contributed by atoms with van der Waals surface area (Å²) >= 11 is 1.71. The number of fused-ring (bicyclic) bond motifs is 1. The zero-order valence-electron chi connectivity index (χ0n) is 17.3. The average molecular weight is 428 g/mol. The minimum absolute atomic E-state index is 0.0832. The Labute approximate surface area is 181 Å². The third-order valence-corrected chi connectivity index (χ3v) is 8.30. The van der Waals surface area contributed by atoms with Crippen molar-refractivity contribution in [2.45, 2.75) is 63.3 Å². The first-order valence-electron chi connectivity index (χ1n) is 11.3. The number of carbonyl (C=O) groups is 2. The van der Waals surface area contributed by atoms with Crippen LogP contribution in [0.1, 0.15) is 83.1 Å². The summed E-state index contributed by atoms with van der Waals surface area (Å²) in [5.41, 5.74) is 0.862. The van der Waals surface area contributed by atoms with Gasteiger partial charge < -0.3 is 14.3 Å². The van der Waals surface area contributed by atoms with Gasteiger partial charge in [0.2, 0.25) is 5.76 Å². The Bertz CT molecular complexity index is 883. The van der Waals surface area contributed by atoms with Crippen molar-refractivity contribution in [2.75, 3.05) is 19.6 Å². The monoisotopic (exact) mass is 427 g/mol. The molecule has 6 nitrogen and oxygen atoms in total. The minimum atomic E-state index is -0.0832. The van der Waals surface area contributed by atoms with Crippen LogP contribution < -0.4 is 0 Å². The summed E-state index contributed by atoms with van der Waals surface area (Å²) in [4.78, 5) is 31.0. The summed E-state index contributed by atoms with van der Waals surface area (Å²) in [6.45, 7) is 2.33. The fourth-order valence-corrected chi connectivity index (χ4v) is 6.63. The molecule has 2 saturated heterocycles. The predicted octanol–water partition coefficient (Wildman–Crippen LogP) is 4.55. The number of hydrogen-bond acceptors (Lipinski definition) is 5. The number of nitrogens with zero attached hydrogens (tertiary/aromatic N) is 3. The van der Waals surface area contributed by atoms with Crippen LogP contribution in [0.3, 0.4) is 0 Å². The topological polar surface area (TPSA) is 66.7 Å². The molecule has 2 amide bonds. The lowest BCUT2D eigenvalue weighted by atomic mass is 9.78. The standard InChI is InChI=1S/C23H29N3O3S/c27-22(26-11-3-5-16-4-1-2-6-19(16)26)18-14-21(30-15-18)17-8-12-25(13-9-17)23(28)20-7-10-24-29-20/h7,10,14-17,19H,1-6,8-9,11-13H2. The Morgan fingerprint density at radius 3 is 2.60 bits per heavy atom. The van der Waals surface area contributed by atoms with Gasteiger partial charge in [0, 0.05) is 42.0 Å². The maximum absolute atomic E-state index is 13.3. The van der Waals surface area contributed by atoms with Crippen molar-refractivity contribution in [1.29, 1.82) is 0 Å². The molecule has 0 bridgehead atoms. The lowest BCUT2D eigenvalue weighted by Crippen LogP contribution is -2.49. The predicted molar refractivity (Wildman–Crippen MR) is 115 cm³/mol. The molecule has 0 spiro atoms. The Morgan fingerprint density at radius 1 is 1.00 bits per heavy atom. The Morgan fingerprint density at radius 2 is 1.80 bits per heavy atom. The summed E-state index contributed by atoms with van der Waals surface area (Å²) in [5, 5.41) is 5.68. The van der Waals surface area contributed by atoms with E-state index in [4.69, 9.17) is 4.52 Å². The van der Waals surface area contributed by atoms with Crippen LogP contribution in [-0.2, 0) is 0 Å². The van der Waals surface area contributed by atoms with E-state index in [1.54, 1.807) is 17.4 Å². The molecule has 0 radical (unpaired) electrons. The SMILES string of the molecule is O=C(c1ccno1)N1CCC(c2cc(C(=O)N3CCCC4CCCCC43)cs2)CC1. The fourth-order valence-electron chi connectivity index (χ4n) is 5.57. The second-order valence-electron chi connectivity index (χ2n) is 8.93. The molecule has 4 heterocycles. The van der Waals surface area contributed by atoms with Crippen LogP contribution in [0.25, 0.3) is 0 Å². The third kappa shape index (κ3) is 3.80. The van der Waals surface area contributed by atoms with Gasteiger partial charge in [-0.25, -0.2) is 0 Å². The molecule has 0 aromatic carbocycles. The van der Waals surface area contributed by atoms with Gasteiger partial charge in [0.1, 0.15) is 0 Å². The van der Waals surface area contributed by atoms with Crippen molar-refractivity contribution >= 4 is 23.2 Å². The van der Waals surface area contributed by atoms with Crippen LogP contribution in [0.4, 0.5) is 0 Å². The summed E-state index contributed by atoms with van der Waals surface area (Å²) < 4.78 is 5.00. The van der Waals surface area contributed by atoms with Gasteiger partial charge >= 0.3 is 0 Å². The number of thiophene rings is 1. The van der Waals surface area contributed by atoms with E-state index in [9.17, 15) is 9.59 Å². The summed E-state index contributed by atoms with van der Waals surface area (Å²) in [6.07, 6.45) is 10.8. The molecule has 2 aromatic rings. The summed E-state index contributed by atoms with van der Waals surface area (Å²) in [5.74, 6) is 1.58. The molecule has 160 valence electrons. The van der Waals surface area contributed by atoms with Crippen LogP contribution in [0.15, 0.2) is 28.2 Å². The van der Waals surface area contributed by atoms with Gasteiger partial charge in [0.15, 0.2) is 0 Å². The van der Waals surface area contributed by atoms with E-state index in [0.717, 1.165) is 31.4 Å². The maximum Gasteiger partial charge on any atom is 0.292 e. The largest absolute Gasteiger partial charge is 0.351 e. The van der Waals surface area contributed by atoms with Gasteiger partial charge in [0.25, 0.3) is 11.8 Å². The second-order valence-corrected chi connectivity index (χ2v) is 9.88. The molecule has 3 aliphatic rings. The average Bonchev–Trinajstić information content (AvgIpc) is 3.50. The van der Waals surface area contributed by atoms with Crippen LogP contribution in [0.2, 0.25) is 0 Å². The Balaban J connectivity index is 1.22. The summed E-state index contributed by atoms with van der Waals surface area (Å²) in [6, 6.07) is 4.19. The van der Waals surface area contributed by atoms with Crippen LogP contribution in [0, 0.1) is 5.92 Å². The normalized spacial score (nSPS) is 25.2. The van der Waals surface area contributed by atoms with Crippen molar-refractivity contribution in [2.24, 2.45) is 5.92 Å². The third-order valence-electron chi connectivity index (χ3n) is 7.20. The molecular weight excluding hydrogens is 398 g/mol. The highest BCUT2D eigenvalue weighted by molar-refractivity contribution is 7.10. The number of hydrogen-bond donors (Lipinski definition) is 0. The minimum Gasteiger partial charge on any atom is -0.351 e. The first kappa shape index (κ1) is 19.8. The van der Waals surface area contributed by atoms with Gasteiger partial charge in [-0.15, -0.1) is 11.3 Å². The highest BCUT2D eigenvalue weighted by atomic mass is 32.1. The van der Waals surface area contributed by atoms with Gasteiger partial charge in [-0.05, 0) is 56.4 Å². The molecule has 2 unspecified atom stereocenters. The van der Waals surface area contributed by atoms with Gasteiger partial charge in [-0.1, -0.05) is 18.0 Å². The number of rotatable bonds is 3. The van der Waals surface area contributed by atoms with E-state index in [2.05, 4.69) is 21.5 Å². The molecular formula is C23H29N3O3S. The van der Waals surface area contributed by atoms with Gasteiger partial charge in [0.05, 0.1) is 11.8 Å². The van der Waals surface area contributed by atoms with Crippen LogP contribution in [0.5, 0.6) is 0 Å². The van der Waals surface area contributed by atoms with Crippen molar-refractivity contribution in [3.63, 3.8) is 0 Å². The number of likely N-dealkylation sites (tertiary alicyclic amines) is 2. The molecule has 2 aromatic heterocycles. The number of carbonyl (C=O) groups excluding carboxylic acids is 2. The molecule has 1 saturated carbocycles. The van der Waals surface area contributed by atoms with E-state index in [0.29, 0.717) is 36.7 Å². The number of aromatic nitrogens is 1. The first-order valence-corrected chi connectivity index (χ1v) is 12.2. The molecule has 2 aliphatic heterocycles. The smallest absolute Gasteiger partial charge is 0.292 e. The molecule has 2 atom stereocenters. The first-order chi connectivity index (χ1) is 14.7. The second kappa shape index (κ2) is 8.53. The molecule has 3 fully saturated rings. The molecule has 7 heteroatoms. The fraction of sp³-hybridized carbons (Fsp3) is 0.609. The van der Waals surface area contributed by atoms with Crippen LogP contribution >= 0.6 is 11.3 Å². The highest BCUT2D eigenvalue weighted by Crippen LogP contribution is 2.37. The molecule has 30 heavy (non-hydrogen) atoms. The molecule has 5 rings (SSSR count). The van der Waals surface area contributed by atoms with E-state index in [1.807, 2.05) is 4.90 Å². The van der Waals surface area contributed by atoms with Crippen molar-refractivity contribution < 1.29 is 14.1 Å². The van der Waals surface area contributed by atoms with Crippen molar-refractivity contribution in [1.82, 2.24) is 15.0 Å². The van der Waals surface area contributed by atoms with E-state index in [1.165, 1.54) is 43.2 Å². The van der Waals surface area contributed by atoms with Gasteiger partial charge in [-0.2, -0.15) is 0 Å². The number of piperidine rings is 2. The number of amides is 2. The quantitative estimate of drug-likeness (QED) is 0.721. The van der Waals surface area contributed by atoms with Crippen molar-refractivity contribution in [3.8, 4) is 0 Å². The lowest BCUT2D eigenvalue weighted by molar-refractivity contribution is 0.0391. The van der Waals surface area contributed by atoms with E-state index < -0.39 is 0 Å². The van der Waals surface area contributed by atoms with Crippen molar-refractivity contribution in [3.05, 3.63) is 39.9 Å². The molecule has 1 aliphatic carbocycles. The molecule has 0 N–H and O–H groups in total. The zero-order chi connectivity index (χ0) is 20.5. The van der Waals surface area contributed by atoms with E-state index >= 15 is 0 Å². The Kier molecular flexibility index (Phi) is 5.63. The van der Waals surface area contributed by atoms with E-state index in [-0.39, 0.29) is 11.8 Å².